The first kappa shape index (κ1) is 30.9. The van der Waals surface area contributed by atoms with Gasteiger partial charge in [-0.3, -0.25) is 4.79 Å². The van der Waals surface area contributed by atoms with Crippen molar-refractivity contribution >= 4 is 5.78 Å². The van der Waals surface area contributed by atoms with Gasteiger partial charge in [0.2, 0.25) is 0 Å². The molecule has 0 aliphatic carbocycles. The molecular weight excluding hydrogens is 436 g/mol. The van der Waals surface area contributed by atoms with Crippen molar-refractivity contribution in [1.82, 2.24) is 0 Å². The number of rotatable bonds is 16. The maximum atomic E-state index is 12.9. The molecule has 7 atom stereocenters. The van der Waals surface area contributed by atoms with Crippen LogP contribution in [0, 0.1) is 35.5 Å². The average Bonchev–Trinajstić information content (AvgIpc) is 2.85. The number of aliphatic hydroxyl groups excluding tert-OH is 1. The molecule has 0 spiro atoms. The van der Waals surface area contributed by atoms with E-state index in [0.717, 1.165) is 11.3 Å². The zero-order chi connectivity index (χ0) is 26.5. The van der Waals surface area contributed by atoms with Gasteiger partial charge in [0.05, 0.1) is 19.8 Å². The Morgan fingerprint density at radius 1 is 1.06 bits per heavy atom. The van der Waals surface area contributed by atoms with E-state index in [1.54, 1.807) is 13.2 Å². The van der Waals surface area contributed by atoms with Gasteiger partial charge in [-0.05, 0) is 48.8 Å². The maximum absolute atomic E-state index is 12.9. The van der Waals surface area contributed by atoms with Crippen LogP contribution in [0.4, 0.5) is 0 Å². The van der Waals surface area contributed by atoms with Crippen molar-refractivity contribution in [2.45, 2.75) is 67.6 Å². The molecule has 0 aliphatic rings. The fraction of sp³-hybridized carbons (Fsp3) is 0.581. The Kier molecular flexibility index (Phi) is 13.9. The molecule has 0 saturated carbocycles. The van der Waals surface area contributed by atoms with Crippen molar-refractivity contribution in [2.75, 3.05) is 13.7 Å². The van der Waals surface area contributed by atoms with Crippen LogP contribution in [-0.2, 0) is 16.1 Å². The summed E-state index contributed by atoms with van der Waals surface area (Å²) in [7, 11) is 1.67. The molecule has 0 radical (unpaired) electrons. The number of hydrogen-bond donors (Lipinski definition) is 1. The normalized spacial score (nSPS) is 18.4. The van der Waals surface area contributed by atoms with Crippen molar-refractivity contribution in [2.24, 2.45) is 35.5 Å². The summed E-state index contributed by atoms with van der Waals surface area (Å²) in [4.78, 5) is 12.9. The summed E-state index contributed by atoms with van der Waals surface area (Å²) in [6.45, 7) is 19.5. The smallest absolute Gasteiger partial charge is 0.141 e. The van der Waals surface area contributed by atoms with Crippen molar-refractivity contribution < 1.29 is 19.4 Å². The standard InChI is InChI=1S/C31H48O4/c1-10-11-12-22(3)30(32)27(8)31(33)24(5)18-21(2)17-23(4)26(7)25(6)19-35-20-28-13-15-29(34-9)16-14-28/h10-17,22-27,30,32H,1,18-20H2,2-9H3/b12-11-,21-17-. The van der Waals surface area contributed by atoms with E-state index in [-0.39, 0.29) is 17.6 Å². The van der Waals surface area contributed by atoms with Gasteiger partial charge in [0, 0.05) is 24.4 Å². The van der Waals surface area contributed by atoms with Gasteiger partial charge in [0.25, 0.3) is 0 Å². The van der Waals surface area contributed by atoms with Gasteiger partial charge in [-0.2, -0.15) is 0 Å². The Bertz CT molecular complexity index is 823. The minimum absolute atomic E-state index is 0.0925. The van der Waals surface area contributed by atoms with Crippen LogP contribution in [0.2, 0.25) is 0 Å². The third-order valence-corrected chi connectivity index (χ3v) is 7.25. The molecule has 0 aromatic heterocycles. The van der Waals surface area contributed by atoms with Gasteiger partial charge >= 0.3 is 0 Å². The summed E-state index contributed by atoms with van der Waals surface area (Å²) in [5, 5.41) is 10.6. The molecule has 0 bridgehead atoms. The second-order valence-corrected chi connectivity index (χ2v) is 10.3. The van der Waals surface area contributed by atoms with Gasteiger partial charge in [0.1, 0.15) is 11.5 Å². The predicted molar refractivity (Wildman–Crippen MR) is 146 cm³/mol. The van der Waals surface area contributed by atoms with Crippen molar-refractivity contribution in [3.8, 4) is 5.75 Å². The molecule has 4 nitrogen and oxygen atoms in total. The highest BCUT2D eigenvalue weighted by Gasteiger charge is 2.29. The van der Waals surface area contributed by atoms with E-state index < -0.39 is 12.0 Å². The minimum Gasteiger partial charge on any atom is -0.497 e. The molecule has 1 N–H and O–H groups in total. The Balaban J connectivity index is 2.56. The molecule has 0 amide bonds. The van der Waals surface area contributed by atoms with Crippen LogP contribution in [-0.4, -0.2) is 30.7 Å². The highest BCUT2D eigenvalue weighted by atomic mass is 16.5. The third-order valence-electron chi connectivity index (χ3n) is 7.25. The largest absolute Gasteiger partial charge is 0.497 e. The molecule has 35 heavy (non-hydrogen) atoms. The van der Waals surface area contributed by atoms with Gasteiger partial charge < -0.3 is 14.6 Å². The highest BCUT2D eigenvalue weighted by Crippen LogP contribution is 2.27. The van der Waals surface area contributed by atoms with Crippen molar-refractivity contribution in [3.63, 3.8) is 0 Å². The van der Waals surface area contributed by atoms with Crippen LogP contribution in [0.1, 0.15) is 60.5 Å². The summed E-state index contributed by atoms with van der Waals surface area (Å²) in [5.41, 5.74) is 2.36. The van der Waals surface area contributed by atoms with Gasteiger partial charge in [-0.1, -0.05) is 90.1 Å². The quantitative estimate of drug-likeness (QED) is 0.202. The van der Waals surface area contributed by atoms with Crippen LogP contribution in [0.3, 0.4) is 0 Å². The second-order valence-electron chi connectivity index (χ2n) is 10.3. The first-order valence-corrected chi connectivity index (χ1v) is 12.9. The molecule has 1 aromatic rings. The Labute approximate surface area is 214 Å². The lowest BCUT2D eigenvalue weighted by Crippen LogP contribution is -2.33. The molecule has 0 saturated heterocycles. The number of allylic oxidation sites excluding steroid dienone is 4. The monoisotopic (exact) mass is 484 g/mol. The summed E-state index contributed by atoms with van der Waals surface area (Å²) >= 11 is 0. The molecule has 0 heterocycles. The fourth-order valence-corrected chi connectivity index (χ4v) is 4.45. The van der Waals surface area contributed by atoms with Crippen LogP contribution in [0.5, 0.6) is 5.75 Å². The van der Waals surface area contributed by atoms with Crippen molar-refractivity contribution in [1.29, 1.82) is 0 Å². The summed E-state index contributed by atoms with van der Waals surface area (Å²) in [5.74, 6) is 1.58. The van der Waals surface area contributed by atoms with Crippen LogP contribution in [0.15, 0.2) is 60.7 Å². The molecule has 4 heteroatoms. The van der Waals surface area contributed by atoms with E-state index in [0.29, 0.717) is 37.4 Å². The van der Waals surface area contributed by atoms with E-state index >= 15 is 0 Å². The molecule has 7 unspecified atom stereocenters. The van der Waals surface area contributed by atoms with Gasteiger partial charge in [0.15, 0.2) is 0 Å². The number of ether oxygens (including phenoxy) is 2. The minimum atomic E-state index is -0.692. The number of Topliss-reactive ketones (excluding diaryl/α,β-unsaturated/α-hetero) is 1. The average molecular weight is 485 g/mol. The molecule has 196 valence electrons. The zero-order valence-electron chi connectivity index (χ0n) is 23.2. The second kappa shape index (κ2) is 15.7. The molecule has 0 fully saturated rings. The first-order chi connectivity index (χ1) is 16.5. The fourth-order valence-electron chi connectivity index (χ4n) is 4.45. The zero-order valence-corrected chi connectivity index (χ0v) is 23.2. The van der Waals surface area contributed by atoms with Crippen molar-refractivity contribution in [3.05, 3.63) is 66.3 Å². The number of carbonyl (C=O) groups excluding carboxylic acids is 1. The van der Waals surface area contributed by atoms with E-state index in [1.165, 1.54) is 5.57 Å². The van der Waals surface area contributed by atoms with E-state index in [9.17, 15) is 9.90 Å². The molecule has 0 aliphatic heterocycles. The lowest BCUT2D eigenvalue weighted by atomic mass is 9.81. The summed E-state index contributed by atoms with van der Waals surface area (Å²) in [6, 6.07) is 7.97. The number of benzene rings is 1. The van der Waals surface area contributed by atoms with E-state index in [2.05, 4.69) is 40.3 Å². The molecule has 1 rings (SSSR count). The summed E-state index contributed by atoms with van der Waals surface area (Å²) in [6.07, 6.45) is 7.71. The predicted octanol–water partition coefficient (Wildman–Crippen LogP) is 7.04. The first-order valence-electron chi connectivity index (χ1n) is 12.9. The van der Waals surface area contributed by atoms with Crippen LogP contribution in [0.25, 0.3) is 0 Å². The number of methoxy groups -OCH3 is 1. The van der Waals surface area contributed by atoms with E-state index in [1.807, 2.05) is 57.2 Å². The molecular formula is C31H48O4. The van der Waals surface area contributed by atoms with Gasteiger partial charge in [-0.15, -0.1) is 0 Å². The Morgan fingerprint density at radius 3 is 2.26 bits per heavy atom. The topological polar surface area (TPSA) is 55.8 Å². The van der Waals surface area contributed by atoms with Crippen LogP contribution < -0.4 is 4.74 Å². The highest BCUT2D eigenvalue weighted by molar-refractivity contribution is 5.83. The third kappa shape index (κ3) is 10.5. The maximum Gasteiger partial charge on any atom is 0.141 e. The SMILES string of the molecule is C=C/C=C\C(C)C(O)C(C)C(=O)C(C)C/C(C)=C\C(C)C(C)C(C)COCc1ccc(OC)cc1. The van der Waals surface area contributed by atoms with Gasteiger partial charge in [-0.25, -0.2) is 0 Å². The number of aliphatic hydroxyl groups is 1. The molecule has 1 aromatic carbocycles. The Morgan fingerprint density at radius 2 is 1.69 bits per heavy atom. The number of hydrogen-bond acceptors (Lipinski definition) is 4. The lowest BCUT2D eigenvalue weighted by Gasteiger charge is -2.26. The van der Waals surface area contributed by atoms with Crippen LogP contribution >= 0.6 is 0 Å². The lowest BCUT2D eigenvalue weighted by molar-refractivity contribution is -0.129. The summed E-state index contributed by atoms with van der Waals surface area (Å²) < 4.78 is 11.2. The number of carbonyl (C=O) groups is 1. The van der Waals surface area contributed by atoms with E-state index in [4.69, 9.17) is 9.47 Å². The number of ketones is 1. The Hall–Kier alpha value is -2.17.